The molecule has 0 aliphatic carbocycles. The lowest BCUT2D eigenvalue weighted by atomic mass is 10.4. The molecule has 0 radical (unpaired) electrons. The van der Waals surface area contributed by atoms with E-state index in [4.69, 9.17) is 4.42 Å². The normalized spacial score (nSPS) is 11.9. The van der Waals surface area contributed by atoms with Crippen LogP contribution in [0.4, 0.5) is 0 Å². The van der Waals surface area contributed by atoms with Crippen LogP contribution in [0.2, 0.25) is 0 Å². The van der Waals surface area contributed by atoms with Gasteiger partial charge < -0.3 is 4.42 Å². The molecule has 2 aromatic heterocycles. The van der Waals surface area contributed by atoms with Crippen LogP contribution < -0.4 is 4.72 Å². The number of aryl methyl sites for hydroxylation is 1. The molecule has 17 heavy (non-hydrogen) atoms. The minimum atomic E-state index is -3.45. The highest BCUT2D eigenvalue weighted by molar-refractivity contribution is 9.11. The average Bonchev–Trinajstić information content (AvgIpc) is 2.85. The SMILES string of the molecule is Cc1ccc(CNS(=O)(=O)c2ccc(Br)s2)o1. The van der Waals surface area contributed by atoms with Crippen LogP contribution in [-0.2, 0) is 16.6 Å². The van der Waals surface area contributed by atoms with E-state index in [2.05, 4.69) is 20.7 Å². The molecule has 0 aliphatic rings. The van der Waals surface area contributed by atoms with Crippen molar-refractivity contribution in [2.45, 2.75) is 17.7 Å². The smallest absolute Gasteiger partial charge is 0.250 e. The highest BCUT2D eigenvalue weighted by Gasteiger charge is 2.16. The summed E-state index contributed by atoms with van der Waals surface area (Å²) in [6.45, 7) is 1.97. The van der Waals surface area contributed by atoms with Crippen molar-refractivity contribution in [1.82, 2.24) is 4.72 Å². The Morgan fingerprint density at radius 3 is 2.65 bits per heavy atom. The lowest BCUT2D eigenvalue weighted by molar-refractivity contribution is 0.475. The Balaban J connectivity index is 2.08. The Labute approximate surface area is 112 Å². The third-order valence-corrected chi connectivity index (χ3v) is 5.56. The van der Waals surface area contributed by atoms with Gasteiger partial charge in [-0.3, -0.25) is 0 Å². The molecule has 2 heterocycles. The van der Waals surface area contributed by atoms with Gasteiger partial charge in [-0.05, 0) is 47.1 Å². The van der Waals surface area contributed by atoms with Crippen LogP contribution in [0.1, 0.15) is 11.5 Å². The number of nitrogens with one attached hydrogen (secondary N) is 1. The topological polar surface area (TPSA) is 59.3 Å². The van der Waals surface area contributed by atoms with E-state index in [1.54, 1.807) is 24.3 Å². The van der Waals surface area contributed by atoms with Gasteiger partial charge in [0.05, 0.1) is 10.3 Å². The lowest BCUT2D eigenvalue weighted by Crippen LogP contribution is -2.22. The first-order valence-electron chi connectivity index (χ1n) is 4.78. The number of furan rings is 1. The van der Waals surface area contributed by atoms with Crippen LogP contribution in [0.3, 0.4) is 0 Å². The van der Waals surface area contributed by atoms with E-state index in [9.17, 15) is 8.42 Å². The van der Waals surface area contributed by atoms with Gasteiger partial charge in [-0.1, -0.05) is 0 Å². The molecular weight excluding hydrogens is 326 g/mol. The Hall–Kier alpha value is -0.630. The number of halogens is 1. The van der Waals surface area contributed by atoms with Crippen LogP contribution in [0.5, 0.6) is 0 Å². The summed E-state index contributed by atoms with van der Waals surface area (Å²) in [4.78, 5) is 0. The molecule has 0 amide bonds. The van der Waals surface area contributed by atoms with Crippen molar-refractivity contribution in [3.63, 3.8) is 0 Å². The summed E-state index contributed by atoms with van der Waals surface area (Å²) >= 11 is 4.40. The van der Waals surface area contributed by atoms with E-state index in [1.807, 2.05) is 6.92 Å². The van der Waals surface area contributed by atoms with Crippen LogP contribution in [0.15, 0.2) is 36.7 Å². The third kappa shape index (κ3) is 3.19. The largest absolute Gasteiger partial charge is 0.465 e. The summed E-state index contributed by atoms with van der Waals surface area (Å²) in [5.41, 5.74) is 0. The molecule has 2 rings (SSSR count). The van der Waals surface area contributed by atoms with E-state index >= 15 is 0 Å². The Kier molecular flexibility index (Phi) is 3.72. The first kappa shape index (κ1) is 12.8. The molecule has 0 atom stereocenters. The zero-order valence-corrected chi connectivity index (χ0v) is 12.2. The molecule has 4 nitrogen and oxygen atoms in total. The molecule has 0 fully saturated rings. The highest BCUT2D eigenvalue weighted by atomic mass is 79.9. The Bertz CT molecular complexity index is 615. The van der Waals surface area contributed by atoms with Crippen molar-refractivity contribution in [3.8, 4) is 0 Å². The van der Waals surface area contributed by atoms with E-state index in [1.165, 1.54) is 11.3 Å². The third-order valence-electron chi connectivity index (χ3n) is 2.05. The number of hydrogen-bond acceptors (Lipinski definition) is 4. The predicted molar refractivity (Wildman–Crippen MR) is 69.5 cm³/mol. The Morgan fingerprint density at radius 1 is 1.35 bits per heavy atom. The average molecular weight is 336 g/mol. The molecule has 0 spiro atoms. The number of thiophene rings is 1. The first-order chi connectivity index (χ1) is 7.97. The molecule has 2 aromatic rings. The van der Waals surface area contributed by atoms with Crippen LogP contribution in [-0.4, -0.2) is 8.42 Å². The molecule has 92 valence electrons. The monoisotopic (exact) mass is 335 g/mol. The van der Waals surface area contributed by atoms with Gasteiger partial charge in [0.15, 0.2) is 0 Å². The fraction of sp³-hybridized carbons (Fsp3) is 0.200. The zero-order chi connectivity index (χ0) is 12.5. The number of hydrogen-bond donors (Lipinski definition) is 1. The second-order valence-corrected chi connectivity index (χ2v) is 7.85. The number of sulfonamides is 1. The maximum Gasteiger partial charge on any atom is 0.250 e. The molecule has 0 bridgehead atoms. The minimum absolute atomic E-state index is 0.158. The van der Waals surface area contributed by atoms with Crippen molar-refractivity contribution in [3.05, 3.63) is 39.6 Å². The van der Waals surface area contributed by atoms with E-state index in [0.29, 0.717) is 5.76 Å². The van der Waals surface area contributed by atoms with Gasteiger partial charge in [0.25, 0.3) is 0 Å². The number of rotatable bonds is 4. The van der Waals surface area contributed by atoms with Gasteiger partial charge in [0.2, 0.25) is 10.0 Å². The van der Waals surface area contributed by atoms with Gasteiger partial charge in [-0.15, -0.1) is 11.3 Å². The standard InChI is InChI=1S/C10H10BrNO3S2/c1-7-2-3-8(15-7)6-12-17(13,14)10-5-4-9(11)16-10/h2-5,12H,6H2,1H3. The lowest BCUT2D eigenvalue weighted by Gasteiger charge is -2.02. The summed E-state index contributed by atoms with van der Waals surface area (Å²) in [6, 6.07) is 6.81. The van der Waals surface area contributed by atoms with Gasteiger partial charge in [-0.2, -0.15) is 0 Å². The van der Waals surface area contributed by atoms with Crippen molar-refractivity contribution in [1.29, 1.82) is 0 Å². The fourth-order valence-electron chi connectivity index (χ4n) is 1.26. The van der Waals surface area contributed by atoms with Gasteiger partial charge in [-0.25, -0.2) is 13.1 Å². The summed E-state index contributed by atoms with van der Waals surface area (Å²) in [7, 11) is -3.45. The molecule has 0 saturated heterocycles. The van der Waals surface area contributed by atoms with E-state index < -0.39 is 10.0 Å². The molecule has 0 aromatic carbocycles. The Morgan fingerprint density at radius 2 is 2.12 bits per heavy atom. The summed E-state index contributed by atoms with van der Waals surface area (Å²) in [5, 5.41) is 0. The summed E-state index contributed by atoms with van der Waals surface area (Å²) in [6.07, 6.45) is 0. The van der Waals surface area contributed by atoms with E-state index in [0.717, 1.165) is 9.55 Å². The molecule has 1 N–H and O–H groups in total. The second-order valence-electron chi connectivity index (χ2n) is 3.40. The minimum Gasteiger partial charge on any atom is -0.465 e. The van der Waals surface area contributed by atoms with E-state index in [-0.39, 0.29) is 10.8 Å². The fourth-order valence-corrected chi connectivity index (χ4v) is 4.31. The van der Waals surface area contributed by atoms with Crippen LogP contribution in [0, 0.1) is 6.92 Å². The van der Waals surface area contributed by atoms with Gasteiger partial charge >= 0.3 is 0 Å². The maximum absolute atomic E-state index is 11.9. The molecule has 7 heteroatoms. The second kappa shape index (κ2) is 4.93. The molecule has 0 saturated carbocycles. The van der Waals surface area contributed by atoms with Crippen molar-refractivity contribution in [2.75, 3.05) is 0 Å². The van der Waals surface area contributed by atoms with Gasteiger partial charge in [0.1, 0.15) is 15.7 Å². The zero-order valence-electron chi connectivity index (χ0n) is 8.94. The first-order valence-corrected chi connectivity index (χ1v) is 7.87. The predicted octanol–water partition coefficient (Wildman–Crippen LogP) is 2.89. The van der Waals surface area contributed by atoms with Crippen molar-refractivity contribution < 1.29 is 12.8 Å². The van der Waals surface area contributed by atoms with Crippen molar-refractivity contribution in [2.24, 2.45) is 0 Å². The highest BCUT2D eigenvalue weighted by Crippen LogP contribution is 2.25. The molecule has 0 unspecified atom stereocenters. The maximum atomic E-state index is 11.9. The van der Waals surface area contributed by atoms with Crippen molar-refractivity contribution >= 4 is 37.3 Å². The molecule has 0 aliphatic heterocycles. The van der Waals surface area contributed by atoms with Gasteiger partial charge in [0, 0.05) is 0 Å². The quantitative estimate of drug-likeness (QED) is 0.934. The van der Waals surface area contributed by atoms with Crippen LogP contribution >= 0.6 is 27.3 Å². The van der Waals surface area contributed by atoms with Crippen LogP contribution in [0.25, 0.3) is 0 Å². The molecular formula is C10H10BrNO3S2. The summed E-state index contributed by atoms with van der Waals surface area (Å²) < 4.78 is 32.6. The summed E-state index contributed by atoms with van der Waals surface area (Å²) in [5.74, 6) is 1.36.